The Labute approximate surface area is 147 Å². The molecule has 0 fully saturated rings. The number of hydrogen-bond acceptors (Lipinski definition) is 3. The lowest BCUT2D eigenvalue weighted by atomic mass is 10.1. The molecule has 0 spiro atoms. The number of amides is 2. The Balaban J connectivity index is 1.67. The van der Waals surface area contributed by atoms with Crippen LogP contribution in [0.4, 0.5) is 9.18 Å². The quantitative estimate of drug-likeness (QED) is 0.688. The molecule has 6 heteroatoms. The molecule has 0 unspecified atom stereocenters. The van der Waals surface area contributed by atoms with Crippen molar-refractivity contribution in [2.24, 2.45) is 0 Å². The van der Waals surface area contributed by atoms with Crippen LogP contribution in [0.15, 0.2) is 48.5 Å². The van der Waals surface area contributed by atoms with E-state index in [9.17, 15) is 14.3 Å². The Morgan fingerprint density at radius 2 is 1.76 bits per heavy atom. The van der Waals surface area contributed by atoms with Crippen LogP contribution in [0.5, 0.6) is 0 Å². The maximum absolute atomic E-state index is 12.9. The smallest absolute Gasteiger partial charge is 0.315 e. The van der Waals surface area contributed by atoms with Gasteiger partial charge in [0, 0.05) is 26.2 Å². The van der Waals surface area contributed by atoms with E-state index in [0.717, 1.165) is 16.7 Å². The SMILES string of the molecule is CN(CCNC(=O)NCc1ccccc1CO)Cc1ccc(F)cc1. The highest BCUT2D eigenvalue weighted by Crippen LogP contribution is 2.08. The zero-order valence-electron chi connectivity index (χ0n) is 14.3. The van der Waals surface area contributed by atoms with E-state index >= 15 is 0 Å². The van der Waals surface area contributed by atoms with Crippen molar-refractivity contribution in [3.05, 3.63) is 71.0 Å². The predicted molar refractivity (Wildman–Crippen MR) is 95.3 cm³/mol. The monoisotopic (exact) mass is 345 g/mol. The van der Waals surface area contributed by atoms with Crippen LogP contribution in [0.3, 0.4) is 0 Å². The first-order valence-electron chi connectivity index (χ1n) is 8.21. The summed E-state index contributed by atoms with van der Waals surface area (Å²) in [4.78, 5) is 13.9. The van der Waals surface area contributed by atoms with Gasteiger partial charge in [0.05, 0.1) is 6.61 Å². The van der Waals surface area contributed by atoms with E-state index in [1.165, 1.54) is 12.1 Å². The van der Waals surface area contributed by atoms with Gasteiger partial charge in [-0.2, -0.15) is 0 Å². The zero-order valence-corrected chi connectivity index (χ0v) is 14.3. The zero-order chi connectivity index (χ0) is 18.1. The molecule has 0 aliphatic heterocycles. The van der Waals surface area contributed by atoms with E-state index in [2.05, 4.69) is 15.5 Å². The summed E-state index contributed by atoms with van der Waals surface area (Å²) in [6.07, 6.45) is 0. The van der Waals surface area contributed by atoms with Crippen molar-refractivity contribution in [1.29, 1.82) is 0 Å². The summed E-state index contributed by atoms with van der Waals surface area (Å²) in [7, 11) is 1.94. The molecule has 2 aromatic rings. The molecule has 0 aliphatic carbocycles. The largest absolute Gasteiger partial charge is 0.392 e. The number of nitrogens with one attached hydrogen (secondary N) is 2. The normalized spacial score (nSPS) is 10.7. The van der Waals surface area contributed by atoms with Gasteiger partial charge in [-0.05, 0) is 35.9 Å². The summed E-state index contributed by atoms with van der Waals surface area (Å²) in [5, 5.41) is 14.9. The van der Waals surface area contributed by atoms with Gasteiger partial charge < -0.3 is 20.6 Å². The third-order valence-corrected chi connectivity index (χ3v) is 3.87. The fourth-order valence-corrected chi connectivity index (χ4v) is 2.46. The van der Waals surface area contributed by atoms with Crippen LogP contribution in [0.25, 0.3) is 0 Å². The van der Waals surface area contributed by atoms with Gasteiger partial charge in [-0.3, -0.25) is 0 Å². The number of aliphatic hydroxyl groups excluding tert-OH is 1. The van der Waals surface area contributed by atoms with Gasteiger partial charge in [0.15, 0.2) is 0 Å². The molecular formula is C19H24FN3O2. The van der Waals surface area contributed by atoms with Crippen LogP contribution in [0, 0.1) is 5.82 Å². The Bertz CT molecular complexity index is 677. The first kappa shape index (κ1) is 18.9. The lowest BCUT2D eigenvalue weighted by Crippen LogP contribution is -2.39. The Morgan fingerprint density at radius 1 is 1.08 bits per heavy atom. The van der Waals surface area contributed by atoms with E-state index in [-0.39, 0.29) is 18.5 Å². The molecule has 0 aliphatic rings. The minimum absolute atomic E-state index is 0.0480. The van der Waals surface area contributed by atoms with Crippen molar-refractivity contribution in [3.8, 4) is 0 Å². The molecule has 2 rings (SSSR count). The molecule has 2 aromatic carbocycles. The maximum atomic E-state index is 12.9. The topological polar surface area (TPSA) is 64.6 Å². The van der Waals surface area contributed by atoms with Crippen molar-refractivity contribution in [3.63, 3.8) is 0 Å². The minimum Gasteiger partial charge on any atom is -0.392 e. The van der Waals surface area contributed by atoms with Gasteiger partial charge in [0.2, 0.25) is 0 Å². The maximum Gasteiger partial charge on any atom is 0.315 e. The Hall–Kier alpha value is -2.44. The summed E-state index contributed by atoms with van der Waals surface area (Å²) in [5.74, 6) is -0.243. The number of hydrogen-bond donors (Lipinski definition) is 3. The fraction of sp³-hybridized carbons (Fsp3) is 0.316. The van der Waals surface area contributed by atoms with Crippen LogP contribution in [-0.4, -0.2) is 36.2 Å². The van der Waals surface area contributed by atoms with Crippen molar-refractivity contribution in [1.82, 2.24) is 15.5 Å². The van der Waals surface area contributed by atoms with Crippen molar-refractivity contribution >= 4 is 6.03 Å². The van der Waals surface area contributed by atoms with E-state index in [1.54, 1.807) is 12.1 Å². The first-order valence-corrected chi connectivity index (χ1v) is 8.21. The fourth-order valence-electron chi connectivity index (χ4n) is 2.46. The highest BCUT2D eigenvalue weighted by Gasteiger charge is 2.05. The van der Waals surface area contributed by atoms with Crippen LogP contribution < -0.4 is 10.6 Å². The molecule has 0 radical (unpaired) electrons. The van der Waals surface area contributed by atoms with Gasteiger partial charge in [0.25, 0.3) is 0 Å². The Kier molecular flexibility index (Phi) is 7.37. The van der Waals surface area contributed by atoms with Gasteiger partial charge in [-0.15, -0.1) is 0 Å². The summed E-state index contributed by atoms with van der Waals surface area (Å²) in [6, 6.07) is 13.6. The number of carbonyl (C=O) groups is 1. The standard InChI is InChI=1S/C19H24FN3O2/c1-23(13-15-6-8-18(20)9-7-15)11-10-21-19(25)22-12-16-4-2-3-5-17(16)14-24/h2-9,24H,10-14H2,1H3,(H2,21,22,25). The van der Waals surface area contributed by atoms with Gasteiger partial charge in [-0.1, -0.05) is 36.4 Å². The highest BCUT2D eigenvalue weighted by atomic mass is 19.1. The summed E-state index contributed by atoms with van der Waals surface area (Å²) < 4.78 is 12.9. The first-order chi connectivity index (χ1) is 12.1. The van der Waals surface area contributed by atoms with Gasteiger partial charge in [-0.25, -0.2) is 9.18 Å². The average molecular weight is 345 g/mol. The highest BCUT2D eigenvalue weighted by molar-refractivity contribution is 5.73. The van der Waals surface area contributed by atoms with E-state index < -0.39 is 0 Å². The number of rotatable bonds is 8. The second kappa shape index (κ2) is 9.76. The number of benzene rings is 2. The molecule has 134 valence electrons. The number of nitrogens with zero attached hydrogens (tertiary/aromatic N) is 1. The minimum atomic E-state index is -0.247. The molecule has 25 heavy (non-hydrogen) atoms. The average Bonchev–Trinajstić information content (AvgIpc) is 2.62. The molecule has 2 amide bonds. The van der Waals surface area contributed by atoms with E-state index in [4.69, 9.17) is 0 Å². The molecule has 0 saturated carbocycles. The van der Waals surface area contributed by atoms with E-state index in [1.807, 2.05) is 31.3 Å². The number of aliphatic hydroxyl groups is 1. The second-order valence-corrected chi connectivity index (χ2v) is 5.90. The van der Waals surface area contributed by atoms with E-state index in [0.29, 0.717) is 26.2 Å². The molecule has 0 aromatic heterocycles. The number of urea groups is 1. The molecule has 0 saturated heterocycles. The summed E-state index contributed by atoms with van der Waals surface area (Å²) in [6.45, 7) is 2.19. The van der Waals surface area contributed by atoms with Crippen molar-refractivity contribution in [2.45, 2.75) is 19.7 Å². The van der Waals surface area contributed by atoms with Crippen LogP contribution in [0.1, 0.15) is 16.7 Å². The molecular weight excluding hydrogens is 321 g/mol. The van der Waals surface area contributed by atoms with Crippen molar-refractivity contribution < 1.29 is 14.3 Å². The number of halogens is 1. The molecule has 0 heterocycles. The van der Waals surface area contributed by atoms with Crippen LogP contribution in [-0.2, 0) is 19.7 Å². The number of carbonyl (C=O) groups excluding carboxylic acids is 1. The number of likely N-dealkylation sites (N-methyl/N-ethyl adjacent to an activating group) is 1. The van der Waals surface area contributed by atoms with Gasteiger partial charge >= 0.3 is 6.03 Å². The Morgan fingerprint density at radius 3 is 2.44 bits per heavy atom. The van der Waals surface area contributed by atoms with Gasteiger partial charge in [0.1, 0.15) is 5.82 Å². The third kappa shape index (κ3) is 6.52. The summed E-state index contributed by atoms with van der Waals surface area (Å²) in [5.41, 5.74) is 2.73. The molecule has 5 nitrogen and oxygen atoms in total. The molecule has 0 bridgehead atoms. The van der Waals surface area contributed by atoms with Crippen LogP contribution in [0.2, 0.25) is 0 Å². The molecule has 3 N–H and O–H groups in total. The second-order valence-electron chi connectivity index (χ2n) is 5.90. The van der Waals surface area contributed by atoms with Crippen LogP contribution >= 0.6 is 0 Å². The third-order valence-electron chi connectivity index (χ3n) is 3.87. The lowest BCUT2D eigenvalue weighted by molar-refractivity contribution is 0.237. The van der Waals surface area contributed by atoms with Crippen molar-refractivity contribution in [2.75, 3.05) is 20.1 Å². The summed E-state index contributed by atoms with van der Waals surface area (Å²) >= 11 is 0. The molecule has 0 atom stereocenters. The predicted octanol–water partition coefficient (Wildman–Crippen LogP) is 2.25. The lowest BCUT2D eigenvalue weighted by Gasteiger charge is -2.17.